The first-order valence-corrected chi connectivity index (χ1v) is 7.82. The van der Waals surface area contributed by atoms with Gasteiger partial charge in [0.1, 0.15) is 11.6 Å². The zero-order chi connectivity index (χ0) is 16.8. The Balaban J connectivity index is 1.58. The summed E-state index contributed by atoms with van der Waals surface area (Å²) in [6.07, 6.45) is 0.854. The van der Waals surface area contributed by atoms with Crippen LogP contribution in [-0.4, -0.2) is 19.3 Å². The minimum Gasteiger partial charge on any atom is -0.467 e. The third kappa shape index (κ3) is 4.23. The molecule has 24 heavy (non-hydrogen) atoms. The molecule has 0 bridgehead atoms. The fourth-order valence-electron chi connectivity index (χ4n) is 2.58. The molecule has 2 aromatic rings. The predicted molar refractivity (Wildman–Crippen MR) is 90.2 cm³/mol. The highest BCUT2D eigenvalue weighted by Gasteiger charge is 2.16. The molecule has 0 aromatic heterocycles. The molecule has 0 spiro atoms. The lowest BCUT2D eigenvalue weighted by Crippen LogP contribution is -2.33. The van der Waals surface area contributed by atoms with Crippen LogP contribution >= 0.6 is 0 Å². The maximum atomic E-state index is 13.7. The van der Waals surface area contributed by atoms with Crippen molar-refractivity contribution in [2.75, 3.05) is 13.3 Å². The first kappa shape index (κ1) is 16.3. The molecule has 6 heteroatoms. The maximum absolute atomic E-state index is 13.7. The monoisotopic (exact) mass is 329 g/mol. The number of hydrogen-bond acceptors (Lipinski definition) is 3. The zero-order valence-electron chi connectivity index (χ0n) is 13.3. The number of aliphatic imine (C=N–C) groups is 1. The quantitative estimate of drug-likeness (QED) is 0.653. The molecule has 1 heterocycles. The SMILES string of the molecule is NC(=NCc1cc(F)cc2c1OCOC2)NCCc1ccccc1. The number of fused-ring (bicyclic) bond motifs is 1. The fourth-order valence-corrected chi connectivity index (χ4v) is 2.58. The van der Waals surface area contributed by atoms with E-state index in [0.29, 0.717) is 36.0 Å². The van der Waals surface area contributed by atoms with Gasteiger partial charge in [-0.25, -0.2) is 9.38 Å². The van der Waals surface area contributed by atoms with Crippen molar-refractivity contribution >= 4 is 5.96 Å². The second-order valence-electron chi connectivity index (χ2n) is 5.53. The van der Waals surface area contributed by atoms with Crippen LogP contribution in [0.1, 0.15) is 16.7 Å². The second kappa shape index (κ2) is 7.79. The van der Waals surface area contributed by atoms with E-state index in [1.54, 1.807) is 0 Å². The molecule has 0 atom stereocenters. The number of nitrogens with two attached hydrogens (primary N) is 1. The van der Waals surface area contributed by atoms with Crippen LogP contribution in [0.25, 0.3) is 0 Å². The van der Waals surface area contributed by atoms with E-state index in [1.807, 2.05) is 18.2 Å². The summed E-state index contributed by atoms with van der Waals surface area (Å²) in [6, 6.07) is 13.0. The van der Waals surface area contributed by atoms with Crippen molar-refractivity contribution in [1.29, 1.82) is 0 Å². The molecule has 126 valence electrons. The lowest BCUT2D eigenvalue weighted by molar-refractivity contribution is -0.0172. The van der Waals surface area contributed by atoms with Gasteiger partial charge in [0.15, 0.2) is 12.8 Å². The van der Waals surface area contributed by atoms with Gasteiger partial charge in [0.25, 0.3) is 0 Å². The summed E-state index contributed by atoms with van der Waals surface area (Å²) in [4.78, 5) is 4.27. The largest absolute Gasteiger partial charge is 0.467 e. The van der Waals surface area contributed by atoms with Crippen molar-refractivity contribution in [1.82, 2.24) is 5.32 Å². The smallest absolute Gasteiger partial charge is 0.189 e. The molecule has 0 unspecified atom stereocenters. The third-order valence-electron chi connectivity index (χ3n) is 3.73. The number of rotatable bonds is 5. The van der Waals surface area contributed by atoms with Gasteiger partial charge in [-0.15, -0.1) is 0 Å². The number of benzene rings is 2. The van der Waals surface area contributed by atoms with Gasteiger partial charge in [0.2, 0.25) is 0 Å². The van der Waals surface area contributed by atoms with E-state index in [0.717, 1.165) is 6.42 Å². The van der Waals surface area contributed by atoms with Crippen LogP contribution < -0.4 is 15.8 Å². The Bertz CT molecular complexity index is 720. The summed E-state index contributed by atoms with van der Waals surface area (Å²) in [5.41, 5.74) is 8.47. The molecular weight excluding hydrogens is 309 g/mol. The first-order valence-electron chi connectivity index (χ1n) is 7.82. The maximum Gasteiger partial charge on any atom is 0.189 e. The van der Waals surface area contributed by atoms with Crippen molar-refractivity contribution < 1.29 is 13.9 Å². The summed E-state index contributed by atoms with van der Waals surface area (Å²) in [5, 5.41) is 3.06. The van der Waals surface area contributed by atoms with Crippen LogP contribution in [0.2, 0.25) is 0 Å². The van der Waals surface area contributed by atoms with Gasteiger partial charge in [-0.3, -0.25) is 0 Å². The van der Waals surface area contributed by atoms with Crippen molar-refractivity contribution in [2.45, 2.75) is 19.6 Å². The molecule has 1 aliphatic heterocycles. The van der Waals surface area contributed by atoms with E-state index < -0.39 is 0 Å². The number of nitrogens with one attached hydrogen (secondary N) is 1. The number of nitrogens with zero attached hydrogens (tertiary/aromatic N) is 1. The summed E-state index contributed by atoms with van der Waals surface area (Å²) in [7, 11) is 0. The number of guanidine groups is 1. The Morgan fingerprint density at radius 2 is 2.08 bits per heavy atom. The molecule has 2 aromatic carbocycles. The van der Waals surface area contributed by atoms with E-state index in [1.165, 1.54) is 17.7 Å². The molecule has 0 radical (unpaired) electrons. The lowest BCUT2D eigenvalue weighted by Gasteiger charge is -2.20. The molecule has 0 amide bonds. The number of hydrogen-bond donors (Lipinski definition) is 2. The highest BCUT2D eigenvalue weighted by atomic mass is 19.1. The van der Waals surface area contributed by atoms with Gasteiger partial charge < -0.3 is 20.5 Å². The molecule has 1 aliphatic rings. The van der Waals surface area contributed by atoms with Crippen molar-refractivity contribution in [2.24, 2.45) is 10.7 Å². The van der Waals surface area contributed by atoms with Crippen LogP contribution in [0.3, 0.4) is 0 Å². The predicted octanol–water partition coefficient (Wildman–Crippen LogP) is 2.34. The highest BCUT2D eigenvalue weighted by molar-refractivity contribution is 5.77. The Labute approximate surface area is 140 Å². The minimum atomic E-state index is -0.330. The summed E-state index contributed by atoms with van der Waals surface area (Å²) in [5.74, 6) is 0.642. The van der Waals surface area contributed by atoms with Gasteiger partial charge in [-0.1, -0.05) is 30.3 Å². The number of halogens is 1. The van der Waals surface area contributed by atoms with E-state index in [4.69, 9.17) is 15.2 Å². The van der Waals surface area contributed by atoms with Crippen LogP contribution in [0.4, 0.5) is 4.39 Å². The van der Waals surface area contributed by atoms with Crippen LogP contribution in [0.5, 0.6) is 5.75 Å². The third-order valence-corrected chi connectivity index (χ3v) is 3.73. The molecule has 0 saturated heterocycles. The molecule has 3 N–H and O–H groups in total. The second-order valence-corrected chi connectivity index (χ2v) is 5.53. The first-order chi connectivity index (χ1) is 11.7. The van der Waals surface area contributed by atoms with Gasteiger partial charge in [-0.05, 0) is 24.1 Å². The topological polar surface area (TPSA) is 68.9 Å². The fraction of sp³-hybridized carbons (Fsp3) is 0.278. The van der Waals surface area contributed by atoms with Crippen LogP contribution in [-0.2, 0) is 24.3 Å². The molecule has 5 nitrogen and oxygen atoms in total. The average molecular weight is 329 g/mol. The Morgan fingerprint density at radius 3 is 2.92 bits per heavy atom. The van der Waals surface area contributed by atoms with Crippen LogP contribution in [0, 0.1) is 5.82 Å². The Morgan fingerprint density at radius 1 is 1.25 bits per heavy atom. The molecule has 0 aliphatic carbocycles. The van der Waals surface area contributed by atoms with E-state index in [9.17, 15) is 4.39 Å². The molecule has 3 rings (SSSR count). The van der Waals surface area contributed by atoms with Gasteiger partial charge in [-0.2, -0.15) is 0 Å². The van der Waals surface area contributed by atoms with Gasteiger partial charge >= 0.3 is 0 Å². The molecule has 0 fully saturated rings. The van der Waals surface area contributed by atoms with E-state index in [2.05, 4.69) is 22.4 Å². The van der Waals surface area contributed by atoms with Crippen LogP contribution in [0.15, 0.2) is 47.5 Å². The normalized spacial score (nSPS) is 14.0. The van der Waals surface area contributed by atoms with Gasteiger partial charge in [0.05, 0.1) is 13.2 Å². The Hall–Kier alpha value is -2.60. The van der Waals surface area contributed by atoms with Crippen molar-refractivity contribution in [3.8, 4) is 5.75 Å². The standard InChI is InChI=1S/C18H20FN3O2/c19-16-8-14(17-15(9-16)11-23-12-24-17)10-22-18(20)21-7-6-13-4-2-1-3-5-13/h1-5,8-9H,6-7,10-12H2,(H3,20,21,22). The molecule has 0 saturated carbocycles. The Kier molecular flexibility index (Phi) is 5.28. The van der Waals surface area contributed by atoms with Crippen molar-refractivity contribution in [3.63, 3.8) is 0 Å². The average Bonchev–Trinajstić information content (AvgIpc) is 2.60. The zero-order valence-corrected chi connectivity index (χ0v) is 13.3. The summed E-state index contributed by atoms with van der Waals surface area (Å²) < 4.78 is 24.3. The summed E-state index contributed by atoms with van der Waals surface area (Å²) in [6.45, 7) is 1.45. The lowest BCUT2D eigenvalue weighted by atomic mass is 10.1. The highest BCUT2D eigenvalue weighted by Crippen LogP contribution is 2.29. The van der Waals surface area contributed by atoms with E-state index >= 15 is 0 Å². The van der Waals surface area contributed by atoms with Crippen molar-refractivity contribution in [3.05, 3.63) is 65.0 Å². The summed E-state index contributed by atoms with van der Waals surface area (Å²) >= 11 is 0. The minimum absolute atomic E-state index is 0.167. The van der Waals surface area contributed by atoms with Gasteiger partial charge in [0, 0.05) is 17.7 Å². The molecular formula is C18H20FN3O2. The number of ether oxygens (including phenoxy) is 2. The van der Waals surface area contributed by atoms with E-state index in [-0.39, 0.29) is 19.2 Å².